The van der Waals surface area contributed by atoms with E-state index in [2.05, 4.69) is 10.5 Å². The quantitative estimate of drug-likeness (QED) is 0.681. The van der Waals surface area contributed by atoms with Gasteiger partial charge in [0.1, 0.15) is 5.76 Å². The Hall–Kier alpha value is -3.12. The Kier molecular flexibility index (Phi) is 5.34. The zero-order valence-corrected chi connectivity index (χ0v) is 14.6. The van der Waals surface area contributed by atoms with E-state index in [1.807, 2.05) is 0 Å². The maximum atomic E-state index is 12.7. The summed E-state index contributed by atoms with van der Waals surface area (Å²) in [7, 11) is 0. The standard InChI is InChI=1S/C19H15ClN2O4/c1-12-11-16(22-26-12)21-18(23)17(13-7-3-2-4-8-13)25-19(24)14-9-5-6-10-15(14)20/h2-11,17H,1H3,(H,21,22,23)/t17-/m1/s1. The van der Waals surface area contributed by atoms with Gasteiger partial charge in [-0.2, -0.15) is 0 Å². The molecule has 1 aromatic heterocycles. The highest BCUT2D eigenvalue weighted by Crippen LogP contribution is 2.24. The van der Waals surface area contributed by atoms with Crippen LogP contribution in [0.2, 0.25) is 5.02 Å². The van der Waals surface area contributed by atoms with Crippen molar-refractivity contribution >= 4 is 29.3 Å². The van der Waals surface area contributed by atoms with Crippen molar-refractivity contribution in [2.24, 2.45) is 0 Å². The van der Waals surface area contributed by atoms with E-state index in [4.69, 9.17) is 20.9 Å². The van der Waals surface area contributed by atoms with E-state index >= 15 is 0 Å². The fraction of sp³-hybridized carbons (Fsp3) is 0.105. The summed E-state index contributed by atoms with van der Waals surface area (Å²) >= 11 is 6.04. The summed E-state index contributed by atoms with van der Waals surface area (Å²) in [5.41, 5.74) is 0.700. The topological polar surface area (TPSA) is 81.4 Å². The first kappa shape index (κ1) is 17.7. The Morgan fingerprint density at radius 1 is 1.12 bits per heavy atom. The van der Waals surface area contributed by atoms with Crippen LogP contribution in [0.25, 0.3) is 0 Å². The molecule has 2 aromatic carbocycles. The van der Waals surface area contributed by atoms with Crippen molar-refractivity contribution in [1.29, 1.82) is 0 Å². The fourth-order valence-corrected chi connectivity index (χ4v) is 2.53. The Balaban J connectivity index is 1.85. The summed E-state index contributed by atoms with van der Waals surface area (Å²) in [6.07, 6.45) is -1.17. The van der Waals surface area contributed by atoms with Crippen LogP contribution in [0.4, 0.5) is 5.82 Å². The van der Waals surface area contributed by atoms with Crippen LogP contribution in [0.1, 0.15) is 27.8 Å². The fourth-order valence-electron chi connectivity index (χ4n) is 2.32. The van der Waals surface area contributed by atoms with Crippen LogP contribution in [-0.2, 0) is 9.53 Å². The number of rotatable bonds is 5. The molecule has 6 nitrogen and oxygen atoms in total. The molecule has 3 rings (SSSR count). The summed E-state index contributed by atoms with van der Waals surface area (Å²) in [4.78, 5) is 25.2. The highest BCUT2D eigenvalue weighted by molar-refractivity contribution is 6.33. The minimum absolute atomic E-state index is 0.181. The van der Waals surface area contributed by atoms with Crippen molar-refractivity contribution in [2.75, 3.05) is 5.32 Å². The molecule has 26 heavy (non-hydrogen) atoms. The number of halogens is 1. The Labute approximate surface area is 154 Å². The van der Waals surface area contributed by atoms with E-state index in [-0.39, 0.29) is 16.4 Å². The molecule has 0 aliphatic rings. The van der Waals surface area contributed by atoms with Gasteiger partial charge < -0.3 is 14.6 Å². The van der Waals surface area contributed by atoms with Gasteiger partial charge in [-0.05, 0) is 19.1 Å². The second-order valence-electron chi connectivity index (χ2n) is 5.49. The van der Waals surface area contributed by atoms with E-state index in [0.29, 0.717) is 11.3 Å². The van der Waals surface area contributed by atoms with Gasteiger partial charge >= 0.3 is 5.97 Å². The molecule has 1 amide bonds. The number of esters is 1. The van der Waals surface area contributed by atoms with Gasteiger partial charge in [0, 0.05) is 11.6 Å². The average Bonchev–Trinajstić information content (AvgIpc) is 3.05. The number of anilines is 1. The van der Waals surface area contributed by atoms with Gasteiger partial charge in [0.25, 0.3) is 5.91 Å². The summed E-state index contributed by atoms with van der Waals surface area (Å²) in [6.45, 7) is 1.70. The minimum Gasteiger partial charge on any atom is -0.444 e. The first-order valence-electron chi connectivity index (χ1n) is 7.79. The van der Waals surface area contributed by atoms with Crippen molar-refractivity contribution in [3.05, 3.63) is 82.6 Å². The molecular weight excluding hydrogens is 356 g/mol. The molecule has 0 saturated carbocycles. The van der Waals surface area contributed by atoms with Crippen LogP contribution in [0.15, 0.2) is 65.2 Å². The molecule has 1 N–H and O–H groups in total. The smallest absolute Gasteiger partial charge is 0.340 e. The van der Waals surface area contributed by atoms with Gasteiger partial charge in [-0.1, -0.05) is 59.2 Å². The third kappa shape index (κ3) is 4.10. The summed E-state index contributed by atoms with van der Waals surface area (Å²) in [6, 6.07) is 16.7. The zero-order chi connectivity index (χ0) is 18.5. The molecule has 0 radical (unpaired) electrons. The summed E-state index contributed by atoms with van der Waals surface area (Å²) < 4.78 is 10.4. The van der Waals surface area contributed by atoms with Crippen molar-refractivity contribution < 1.29 is 18.8 Å². The number of hydrogen-bond donors (Lipinski definition) is 1. The van der Waals surface area contributed by atoms with Gasteiger partial charge in [0.05, 0.1) is 10.6 Å². The Morgan fingerprint density at radius 2 is 1.81 bits per heavy atom. The van der Waals surface area contributed by atoms with Crippen molar-refractivity contribution in [3.8, 4) is 0 Å². The first-order chi connectivity index (χ1) is 12.5. The molecule has 0 saturated heterocycles. The molecule has 0 spiro atoms. The molecule has 1 heterocycles. The number of nitrogens with zero attached hydrogens (tertiary/aromatic N) is 1. The number of aromatic nitrogens is 1. The molecule has 0 unspecified atom stereocenters. The lowest BCUT2D eigenvalue weighted by atomic mass is 10.1. The monoisotopic (exact) mass is 370 g/mol. The lowest BCUT2D eigenvalue weighted by molar-refractivity contribution is -0.125. The zero-order valence-electron chi connectivity index (χ0n) is 13.8. The predicted octanol–water partition coefficient (Wildman–Crippen LogP) is 4.17. The summed E-state index contributed by atoms with van der Waals surface area (Å²) in [5, 5.41) is 6.54. The number of carbonyl (C=O) groups excluding carboxylic acids is 2. The van der Waals surface area contributed by atoms with Gasteiger partial charge in [-0.3, -0.25) is 4.79 Å². The second kappa shape index (κ2) is 7.84. The third-order valence-electron chi connectivity index (χ3n) is 3.54. The van der Waals surface area contributed by atoms with Gasteiger partial charge in [-0.15, -0.1) is 0 Å². The Morgan fingerprint density at radius 3 is 2.46 bits per heavy atom. The van der Waals surface area contributed by atoms with E-state index in [1.54, 1.807) is 61.5 Å². The van der Waals surface area contributed by atoms with Crippen LogP contribution in [0, 0.1) is 6.92 Å². The maximum absolute atomic E-state index is 12.7. The van der Waals surface area contributed by atoms with E-state index < -0.39 is 18.0 Å². The van der Waals surface area contributed by atoms with Crippen LogP contribution in [0.3, 0.4) is 0 Å². The van der Waals surface area contributed by atoms with Crippen molar-refractivity contribution in [2.45, 2.75) is 13.0 Å². The highest BCUT2D eigenvalue weighted by Gasteiger charge is 2.27. The number of aryl methyl sites for hydroxylation is 1. The lowest BCUT2D eigenvalue weighted by Crippen LogP contribution is -2.26. The molecule has 7 heteroatoms. The lowest BCUT2D eigenvalue weighted by Gasteiger charge is -2.17. The summed E-state index contributed by atoms with van der Waals surface area (Å²) in [5.74, 6) is -0.465. The molecule has 0 fully saturated rings. The molecule has 0 aliphatic heterocycles. The molecule has 0 aliphatic carbocycles. The maximum Gasteiger partial charge on any atom is 0.340 e. The molecule has 132 valence electrons. The minimum atomic E-state index is -1.17. The van der Waals surface area contributed by atoms with E-state index in [0.717, 1.165) is 0 Å². The van der Waals surface area contributed by atoms with Crippen molar-refractivity contribution in [1.82, 2.24) is 5.16 Å². The van der Waals surface area contributed by atoms with Gasteiger partial charge in [0.15, 0.2) is 5.82 Å². The van der Waals surface area contributed by atoms with E-state index in [1.165, 1.54) is 6.07 Å². The molecule has 3 aromatic rings. The van der Waals surface area contributed by atoms with Crippen LogP contribution < -0.4 is 5.32 Å². The number of carbonyl (C=O) groups is 2. The largest absolute Gasteiger partial charge is 0.444 e. The van der Waals surface area contributed by atoms with Crippen LogP contribution in [-0.4, -0.2) is 17.0 Å². The molecule has 1 atom stereocenters. The first-order valence-corrected chi connectivity index (χ1v) is 8.17. The highest BCUT2D eigenvalue weighted by atomic mass is 35.5. The van der Waals surface area contributed by atoms with Crippen molar-refractivity contribution in [3.63, 3.8) is 0 Å². The Bertz CT molecular complexity index is 924. The van der Waals surface area contributed by atoms with Crippen LogP contribution >= 0.6 is 11.6 Å². The molecular formula is C19H15ClN2O4. The van der Waals surface area contributed by atoms with E-state index in [9.17, 15) is 9.59 Å². The molecule has 0 bridgehead atoms. The third-order valence-corrected chi connectivity index (χ3v) is 3.87. The van der Waals surface area contributed by atoms with Gasteiger partial charge in [-0.25, -0.2) is 4.79 Å². The number of amides is 1. The number of hydrogen-bond acceptors (Lipinski definition) is 5. The average molecular weight is 371 g/mol. The van der Waals surface area contributed by atoms with Crippen LogP contribution in [0.5, 0.6) is 0 Å². The SMILES string of the molecule is Cc1cc(NC(=O)[C@H](OC(=O)c2ccccc2Cl)c2ccccc2)no1. The second-order valence-corrected chi connectivity index (χ2v) is 5.90. The number of benzene rings is 2. The van der Waals surface area contributed by atoms with Gasteiger partial charge in [0.2, 0.25) is 6.10 Å². The number of nitrogens with one attached hydrogen (secondary N) is 1. The normalized spacial score (nSPS) is 11.6. The number of ether oxygens (including phenoxy) is 1. The predicted molar refractivity (Wildman–Crippen MR) is 95.9 cm³/mol.